The van der Waals surface area contributed by atoms with E-state index >= 15 is 0 Å². The molecule has 1 rings (SSSR count). The van der Waals surface area contributed by atoms with E-state index in [4.69, 9.17) is 4.74 Å². The van der Waals surface area contributed by atoms with Crippen LogP contribution >= 0.6 is 24.4 Å². The van der Waals surface area contributed by atoms with Crippen LogP contribution in [0, 0.1) is 0 Å². The molecule has 2 nitrogen and oxygen atoms in total. The highest BCUT2D eigenvalue weighted by atomic mass is 32.2. The lowest BCUT2D eigenvalue weighted by Gasteiger charge is -2.07. The summed E-state index contributed by atoms with van der Waals surface area (Å²) in [7, 11) is 0. The lowest BCUT2D eigenvalue weighted by molar-refractivity contribution is -0.141. The van der Waals surface area contributed by atoms with Gasteiger partial charge in [0.25, 0.3) is 0 Å². The zero-order valence-corrected chi connectivity index (χ0v) is 8.87. The van der Waals surface area contributed by atoms with Crippen molar-refractivity contribution in [3.8, 4) is 0 Å². The number of carbonyl (C=O) groups is 1. The average molecular weight is 204 g/mol. The summed E-state index contributed by atoms with van der Waals surface area (Å²) in [5, 5.41) is 0. The minimum Gasteiger partial charge on any atom is -0.459 e. The summed E-state index contributed by atoms with van der Waals surface area (Å²) in [4.78, 5) is 12.9. The van der Waals surface area contributed by atoms with Gasteiger partial charge < -0.3 is 4.74 Å². The van der Waals surface area contributed by atoms with E-state index in [9.17, 15) is 4.79 Å². The van der Waals surface area contributed by atoms with Gasteiger partial charge in [0, 0.05) is 10.7 Å². The monoisotopic (exact) mass is 204 g/mol. The number of thioether (sulfide) groups is 1. The summed E-state index contributed by atoms with van der Waals surface area (Å²) in [5.41, 5.74) is 0. The van der Waals surface area contributed by atoms with Crippen molar-refractivity contribution in [2.75, 3.05) is 5.75 Å². The molecule has 12 heavy (non-hydrogen) atoms. The molecular weight excluding hydrogens is 192 g/mol. The molecule has 1 aliphatic rings. The van der Waals surface area contributed by atoms with Crippen LogP contribution in [0.4, 0.5) is 0 Å². The van der Waals surface area contributed by atoms with Gasteiger partial charge in [0.1, 0.15) is 4.91 Å². The highest BCUT2D eigenvalue weighted by molar-refractivity contribution is 8.05. The van der Waals surface area contributed by atoms with Gasteiger partial charge in [-0.1, -0.05) is 0 Å². The Balaban J connectivity index is 2.58. The molecule has 0 saturated heterocycles. The van der Waals surface area contributed by atoms with E-state index in [2.05, 4.69) is 12.6 Å². The number of thiol groups is 1. The van der Waals surface area contributed by atoms with Crippen LogP contribution in [0.25, 0.3) is 0 Å². The Hall–Kier alpha value is -0.0900. The van der Waals surface area contributed by atoms with Gasteiger partial charge in [0.15, 0.2) is 0 Å². The number of hydrogen-bond donors (Lipinski definition) is 1. The lowest BCUT2D eigenvalue weighted by atomic mass is 10.4. The fourth-order valence-corrected chi connectivity index (χ4v) is 2.38. The highest BCUT2D eigenvalue weighted by Crippen LogP contribution is 2.34. The van der Waals surface area contributed by atoms with E-state index in [0.29, 0.717) is 4.91 Å². The van der Waals surface area contributed by atoms with Crippen molar-refractivity contribution in [1.82, 2.24) is 0 Å². The van der Waals surface area contributed by atoms with Crippen LogP contribution in [-0.4, -0.2) is 17.8 Å². The summed E-state index contributed by atoms with van der Waals surface area (Å²) in [5.74, 6) is 0.721. The van der Waals surface area contributed by atoms with Crippen LogP contribution < -0.4 is 0 Å². The van der Waals surface area contributed by atoms with Crippen molar-refractivity contribution in [2.45, 2.75) is 26.4 Å². The maximum Gasteiger partial charge on any atom is 0.345 e. The summed E-state index contributed by atoms with van der Waals surface area (Å²) in [6.45, 7) is 3.69. The van der Waals surface area contributed by atoms with E-state index in [1.165, 1.54) is 11.8 Å². The van der Waals surface area contributed by atoms with Crippen LogP contribution in [0.15, 0.2) is 9.81 Å². The maximum absolute atomic E-state index is 11.3. The van der Waals surface area contributed by atoms with Crippen LogP contribution in [0.2, 0.25) is 0 Å². The normalized spacial score (nSPS) is 17.3. The van der Waals surface area contributed by atoms with E-state index in [1.54, 1.807) is 0 Å². The fraction of sp³-hybridized carbons (Fsp3) is 0.625. The zero-order valence-electron chi connectivity index (χ0n) is 7.16. The molecule has 4 heteroatoms. The summed E-state index contributed by atoms with van der Waals surface area (Å²) < 4.78 is 5.04. The number of hydrogen-bond acceptors (Lipinski definition) is 4. The van der Waals surface area contributed by atoms with Crippen molar-refractivity contribution in [3.05, 3.63) is 9.81 Å². The highest BCUT2D eigenvalue weighted by Gasteiger charge is 2.21. The van der Waals surface area contributed by atoms with Gasteiger partial charge in [-0.15, -0.1) is 24.4 Å². The summed E-state index contributed by atoms with van der Waals surface area (Å²) in [6, 6.07) is 0. The van der Waals surface area contributed by atoms with Crippen molar-refractivity contribution in [1.29, 1.82) is 0 Å². The van der Waals surface area contributed by atoms with Gasteiger partial charge in [-0.05, 0) is 20.3 Å². The van der Waals surface area contributed by atoms with Gasteiger partial charge in [-0.25, -0.2) is 4.79 Å². The second-order valence-electron chi connectivity index (χ2n) is 2.83. The first-order valence-electron chi connectivity index (χ1n) is 3.87. The molecule has 1 heterocycles. The number of rotatable bonds is 2. The minimum absolute atomic E-state index is 0.0488. The van der Waals surface area contributed by atoms with Crippen LogP contribution in [0.1, 0.15) is 20.3 Å². The topological polar surface area (TPSA) is 26.3 Å². The average Bonchev–Trinajstić information content (AvgIpc) is 2.33. The van der Waals surface area contributed by atoms with Crippen LogP contribution in [0.5, 0.6) is 0 Å². The second kappa shape index (κ2) is 4.23. The molecule has 0 aliphatic carbocycles. The molecule has 0 aromatic rings. The molecule has 0 atom stereocenters. The molecular formula is C8H12O2S2. The Morgan fingerprint density at radius 1 is 1.67 bits per heavy atom. The molecule has 0 spiro atoms. The molecule has 0 N–H and O–H groups in total. The maximum atomic E-state index is 11.3. The first-order chi connectivity index (χ1) is 5.61. The van der Waals surface area contributed by atoms with Crippen molar-refractivity contribution < 1.29 is 9.53 Å². The van der Waals surface area contributed by atoms with Crippen LogP contribution in [-0.2, 0) is 9.53 Å². The Bertz CT molecular complexity index is 221. The molecule has 0 amide bonds. The predicted octanol–water partition coefficient (Wildman–Crippen LogP) is 2.22. The summed E-state index contributed by atoms with van der Waals surface area (Å²) >= 11 is 5.74. The summed E-state index contributed by atoms with van der Waals surface area (Å²) in [6.07, 6.45) is 0.836. The van der Waals surface area contributed by atoms with Crippen molar-refractivity contribution in [2.24, 2.45) is 0 Å². The molecule has 0 fully saturated rings. The SMILES string of the molecule is CC(C)OC(=O)C1=C(S)CCS1. The fourth-order valence-electron chi connectivity index (χ4n) is 0.891. The number of carbonyl (C=O) groups excluding carboxylic acids is 1. The van der Waals surface area contributed by atoms with Gasteiger partial charge in [0.2, 0.25) is 0 Å². The molecule has 0 saturated carbocycles. The van der Waals surface area contributed by atoms with Gasteiger partial charge in [-0.3, -0.25) is 0 Å². The minimum atomic E-state index is -0.225. The first kappa shape index (κ1) is 9.99. The third kappa shape index (κ3) is 2.45. The molecule has 0 radical (unpaired) electrons. The van der Waals surface area contributed by atoms with Gasteiger partial charge >= 0.3 is 5.97 Å². The second-order valence-corrected chi connectivity index (χ2v) is 4.47. The molecule has 0 aromatic carbocycles. The third-order valence-corrected chi connectivity index (χ3v) is 3.08. The van der Waals surface area contributed by atoms with Crippen molar-refractivity contribution in [3.63, 3.8) is 0 Å². The molecule has 0 bridgehead atoms. The van der Waals surface area contributed by atoms with E-state index in [0.717, 1.165) is 17.1 Å². The van der Waals surface area contributed by atoms with E-state index in [-0.39, 0.29) is 12.1 Å². The Kier molecular flexibility index (Phi) is 3.53. The van der Waals surface area contributed by atoms with Gasteiger partial charge in [0.05, 0.1) is 6.10 Å². The lowest BCUT2D eigenvalue weighted by Crippen LogP contribution is -2.11. The largest absolute Gasteiger partial charge is 0.459 e. The molecule has 0 unspecified atom stereocenters. The number of ether oxygens (including phenoxy) is 1. The Morgan fingerprint density at radius 3 is 2.75 bits per heavy atom. The van der Waals surface area contributed by atoms with Crippen LogP contribution in [0.3, 0.4) is 0 Å². The first-order valence-corrected chi connectivity index (χ1v) is 5.30. The quantitative estimate of drug-likeness (QED) is 0.552. The van der Waals surface area contributed by atoms with Crippen molar-refractivity contribution >= 4 is 30.4 Å². The van der Waals surface area contributed by atoms with Gasteiger partial charge in [-0.2, -0.15) is 0 Å². The third-order valence-electron chi connectivity index (χ3n) is 1.38. The van der Waals surface area contributed by atoms with E-state index in [1.807, 2.05) is 13.8 Å². The zero-order chi connectivity index (χ0) is 9.14. The Morgan fingerprint density at radius 2 is 2.33 bits per heavy atom. The Labute approximate surface area is 82.2 Å². The molecule has 0 aromatic heterocycles. The molecule has 68 valence electrons. The smallest absolute Gasteiger partial charge is 0.345 e. The predicted molar refractivity (Wildman–Crippen MR) is 54.3 cm³/mol. The number of allylic oxidation sites excluding steroid dienone is 1. The number of esters is 1. The standard InChI is InChI=1S/C8H12O2S2/c1-5(2)10-8(9)7-6(11)3-4-12-7/h5,11H,3-4H2,1-2H3. The molecule has 1 aliphatic heterocycles. The van der Waals surface area contributed by atoms with E-state index < -0.39 is 0 Å².